The zero-order valence-corrected chi connectivity index (χ0v) is 12.1. The molecule has 1 aromatic rings. The number of fused-ring (bicyclic) bond motifs is 1. The zero-order chi connectivity index (χ0) is 13.8. The molecule has 1 fully saturated rings. The van der Waals surface area contributed by atoms with Crippen molar-refractivity contribution in [2.45, 2.75) is 57.8 Å². The van der Waals surface area contributed by atoms with Gasteiger partial charge in [-0.15, -0.1) is 0 Å². The van der Waals surface area contributed by atoms with Crippen LogP contribution in [-0.2, 0) is 15.7 Å². The van der Waals surface area contributed by atoms with Crippen LogP contribution >= 0.6 is 0 Å². The molecule has 1 atom stereocenters. The third-order valence-electron chi connectivity index (χ3n) is 4.78. The fourth-order valence-corrected chi connectivity index (χ4v) is 2.85. The summed E-state index contributed by atoms with van der Waals surface area (Å²) in [6, 6.07) is 6.04. The van der Waals surface area contributed by atoms with Crippen molar-refractivity contribution in [1.82, 2.24) is 0 Å². The predicted molar refractivity (Wildman–Crippen MR) is 75.4 cm³/mol. The van der Waals surface area contributed by atoms with Crippen molar-refractivity contribution in [2.24, 2.45) is 0 Å². The molecule has 1 saturated heterocycles. The van der Waals surface area contributed by atoms with E-state index in [2.05, 4.69) is 33.8 Å². The van der Waals surface area contributed by atoms with Crippen molar-refractivity contribution in [3.05, 3.63) is 29.3 Å². The van der Waals surface area contributed by atoms with Crippen LogP contribution in [0.5, 0.6) is 0 Å². The average Bonchev–Trinajstić information content (AvgIpc) is 2.78. The van der Waals surface area contributed by atoms with Crippen molar-refractivity contribution < 1.29 is 14.4 Å². The average molecular weight is 260 g/mol. The lowest BCUT2D eigenvalue weighted by Gasteiger charge is -2.32. The first-order valence-electron chi connectivity index (χ1n) is 6.97. The third kappa shape index (κ3) is 1.94. The number of aliphatic hydroxyl groups is 1. The summed E-state index contributed by atoms with van der Waals surface area (Å²) in [7, 11) is -0.328. The molecule has 3 nitrogen and oxygen atoms in total. The van der Waals surface area contributed by atoms with Crippen LogP contribution in [0.3, 0.4) is 0 Å². The van der Waals surface area contributed by atoms with Crippen LogP contribution in [0.4, 0.5) is 0 Å². The van der Waals surface area contributed by atoms with Gasteiger partial charge in [0.2, 0.25) is 0 Å². The van der Waals surface area contributed by atoms with Gasteiger partial charge in [0.05, 0.1) is 17.3 Å². The second-order valence-corrected chi connectivity index (χ2v) is 6.56. The van der Waals surface area contributed by atoms with Crippen LogP contribution in [0, 0.1) is 0 Å². The molecule has 1 unspecified atom stereocenters. The van der Waals surface area contributed by atoms with Gasteiger partial charge in [-0.1, -0.05) is 18.2 Å². The van der Waals surface area contributed by atoms with Gasteiger partial charge in [0, 0.05) is 0 Å². The smallest absolute Gasteiger partial charge is 0.399 e. The number of hydrogen-bond acceptors (Lipinski definition) is 3. The normalized spacial score (nSPS) is 27.6. The van der Waals surface area contributed by atoms with Gasteiger partial charge in [0.15, 0.2) is 0 Å². The Morgan fingerprint density at radius 1 is 1.16 bits per heavy atom. The maximum absolute atomic E-state index is 9.97. The minimum Gasteiger partial charge on any atom is -0.399 e. The Labute approximate surface area is 115 Å². The summed E-state index contributed by atoms with van der Waals surface area (Å²) in [6.45, 7) is 8.24. The Kier molecular flexibility index (Phi) is 2.82. The second-order valence-electron chi connectivity index (χ2n) is 6.56. The van der Waals surface area contributed by atoms with Crippen molar-refractivity contribution in [3.8, 4) is 0 Å². The largest absolute Gasteiger partial charge is 0.495 e. The molecule has 19 heavy (non-hydrogen) atoms. The number of benzene rings is 1. The monoisotopic (exact) mass is 260 g/mol. The minimum atomic E-state index is -0.336. The van der Waals surface area contributed by atoms with Crippen LogP contribution in [0.1, 0.15) is 51.3 Å². The van der Waals surface area contributed by atoms with E-state index < -0.39 is 0 Å². The summed E-state index contributed by atoms with van der Waals surface area (Å²) in [5.74, 6) is 0. The molecular weight excluding hydrogens is 239 g/mol. The van der Waals surface area contributed by atoms with Gasteiger partial charge in [-0.05, 0) is 57.1 Å². The van der Waals surface area contributed by atoms with Crippen LogP contribution in [-0.4, -0.2) is 23.4 Å². The van der Waals surface area contributed by atoms with Crippen molar-refractivity contribution >= 4 is 12.6 Å². The summed E-state index contributed by atoms with van der Waals surface area (Å²) in [5, 5.41) is 9.97. The number of hydrogen-bond donors (Lipinski definition) is 1. The Bertz CT molecular complexity index is 494. The first-order chi connectivity index (χ1) is 8.82. The predicted octanol–water partition coefficient (Wildman–Crippen LogP) is 1.97. The molecule has 4 heteroatoms. The standard InChI is InChI=1S/C15H21BO3/c1-14(2)15(3,4)19-16(18-14)12-7-5-6-11-10(12)8-9-13(11)17/h5-7,13,17H,8-9H2,1-4H3. The van der Waals surface area contributed by atoms with Gasteiger partial charge in [0.1, 0.15) is 0 Å². The van der Waals surface area contributed by atoms with E-state index in [4.69, 9.17) is 9.31 Å². The molecule has 1 aliphatic carbocycles. The Morgan fingerprint density at radius 2 is 1.79 bits per heavy atom. The highest BCUT2D eigenvalue weighted by atomic mass is 16.7. The zero-order valence-electron chi connectivity index (χ0n) is 12.1. The molecule has 0 saturated carbocycles. The topological polar surface area (TPSA) is 38.7 Å². The molecule has 1 N–H and O–H groups in total. The van der Waals surface area contributed by atoms with E-state index in [0.29, 0.717) is 0 Å². The number of aliphatic hydroxyl groups excluding tert-OH is 1. The van der Waals surface area contributed by atoms with Crippen LogP contribution in [0.25, 0.3) is 0 Å². The summed E-state index contributed by atoms with van der Waals surface area (Å²) >= 11 is 0. The first-order valence-corrected chi connectivity index (χ1v) is 6.97. The fraction of sp³-hybridized carbons (Fsp3) is 0.600. The van der Waals surface area contributed by atoms with E-state index in [0.717, 1.165) is 23.9 Å². The lowest BCUT2D eigenvalue weighted by atomic mass is 9.75. The van der Waals surface area contributed by atoms with Gasteiger partial charge in [0.25, 0.3) is 0 Å². The van der Waals surface area contributed by atoms with E-state index in [9.17, 15) is 5.11 Å². The fourth-order valence-electron chi connectivity index (χ4n) is 2.85. The van der Waals surface area contributed by atoms with Gasteiger partial charge >= 0.3 is 7.12 Å². The highest BCUT2D eigenvalue weighted by Crippen LogP contribution is 2.38. The molecule has 1 aliphatic heterocycles. The third-order valence-corrected chi connectivity index (χ3v) is 4.78. The highest BCUT2D eigenvalue weighted by molar-refractivity contribution is 6.62. The summed E-state index contributed by atoms with van der Waals surface area (Å²) < 4.78 is 12.2. The van der Waals surface area contributed by atoms with Crippen molar-refractivity contribution in [3.63, 3.8) is 0 Å². The lowest BCUT2D eigenvalue weighted by molar-refractivity contribution is 0.00578. The maximum atomic E-state index is 9.97. The van der Waals surface area contributed by atoms with Gasteiger partial charge < -0.3 is 14.4 Å². The molecule has 1 heterocycles. The van der Waals surface area contributed by atoms with Gasteiger partial charge in [-0.25, -0.2) is 0 Å². The van der Waals surface area contributed by atoms with E-state index >= 15 is 0 Å². The second kappa shape index (κ2) is 4.08. The van der Waals surface area contributed by atoms with E-state index in [1.54, 1.807) is 0 Å². The molecule has 2 aliphatic rings. The molecule has 102 valence electrons. The van der Waals surface area contributed by atoms with Gasteiger partial charge in [-0.2, -0.15) is 0 Å². The summed E-state index contributed by atoms with van der Waals surface area (Å²) in [5.41, 5.74) is 2.67. The Hall–Kier alpha value is -0.835. The Balaban J connectivity index is 1.98. The molecule has 0 radical (unpaired) electrons. The molecule has 0 spiro atoms. The van der Waals surface area contributed by atoms with E-state index in [1.807, 2.05) is 12.1 Å². The SMILES string of the molecule is CC1(C)OB(c2cccc3c2CCC3O)OC1(C)C. The molecule has 1 aromatic carbocycles. The Morgan fingerprint density at radius 3 is 2.42 bits per heavy atom. The van der Waals surface area contributed by atoms with Crippen LogP contribution in [0.2, 0.25) is 0 Å². The van der Waals surface area contributed by atoms with E-state index in [1.165, 1.54) is 5.56 Å². The highest BCUT2D eigenvalue weighted by Gasteiger charge is 2.52. The van der Waals surface area contributed by atoms with Crippen LogP contribution < -0.4 is 5.46 Å². The number of rotatable bonds is 1. The first kappa shape index (κ1) is 13.2. The lowest BCUT2D eigenvalue weighted by Crippen LogP contribution is -2.41. The molecule has 0 aromatic heterocycles. The molecular formula is C15H21BO3. The quantitative estimate of drug-likeness (QED) is 0.784. The maximum Gasteiger partial charge on any atom is 0.495 e. The van der Waals surface area contributed by atoms with Crippen molar-refractivity contribution in [1.29, 1.82) is 0 Å². The molecule has 3 rings (SSSR count). The summed E-state index contributed by atoms with van der Waals surface area (Å²) in [6.07, 6.45) is 1.36. The molecule has 0 amide bonds. The van der Waals surface area contributed by atoms with Crippen LogP contribution in [0.15, 0.2) is 18.2 Å². The van der Waals surface area contributed by atoms with Crippen molar-refractivity contribution in [2.75, 3.05) is 0 Å². The summed E-state index contributed by atoms with van der Waals surface area (Å²) in [4.78, 5) is 0. The molecule has 0 bridgehead atoms. The van der Waals surface area contributed by atoms with Gasteiger partial charge in [-0.3, -0.25) is 0 Å². The minimum absolute atomic E-state index is 0.322. The van der Waals surface area contributed by atoms with E-state index in [-0.39, 0.29) is 24.4 Å².